The predicted octanol–water partition coefficient (Wildman–Crippen LogP) is 2.00. The number of carbonyl (C=O) groups is 1. The summed E-state index contributed by atoms with van der Waals surface area (Å²) in [7, 11) is 1.97. The minimum atomic E-state index is -0.0835. The van der Waals surface area contributed by atoms with E-state index >= 15 is 0 Å². The Labute approximate surface area is 104 Å². The van der Waals surface area contributed by atoms with E-state index < -0.39 is 0 Å². The Balaban J connectivity index is 1.67. The fourth-order valence-corrected chi connectivity index (χ4v) is 2.70. The molecule has 0 unspecified atom stereocenters. The van der Waals surface area contributed by atoms with E-state index in [0.717, 1.165) is 45.3 Å². The maximum absolute atomic E-state index is 11.9. The van der Waals surface area contributed by atoms with Crippen LogP contribution in [0.5, 0.6) is 0 Å². The SMILES string of the molecule is CNCC1CC(OC(=O)N2CCCCCC2)C1. The van der Waals surface area contributed by atoms with Gasteiger partial charge in [0, 0.05) is 13.1 Å². The highest BCUT2D eigenvalue weighted by Crippen LogP contribution is 2.30. The van der Waals surface area contributed by atoms with Crippen molar-refractivity contribution in [2.24, 2.45) is 5.92 Å². The molecule has 2 aliphatic rings. The Morgan fingerprint density at radius 3 is 2.47 bits per heavy atom. The van der Waals surface area contributed by atoms with Crippen molar-refractivity contribution >= 4 is 6.09 Å². The van der Waals surface area contributed by atoms with Gasteiger partial charge in [-0.25, -0.2) is 4.79 Å². The number of likely N-dealkylation sites (tertiary alicyclic amines) is 1. The van der Waals surface area contributed by atoms with Gasteiger partial charge >= 0.3 is 6.09 Å². The second-order valence-electron chi connectivity index (χ2n) is 5.30. The van der Waals surface area contributed by atoms with Crippen LogP contribution in [0.15, 0.2) is 0 Å². The Kier molecular flexibility index (Phi) is 4.66. The number of rotatable bonds is 3. The molecule has 2 fully saturated rings. The molecule has 2 rings (SSSR count). The number of hydrogen-bond acceptors (Lipinski definition) is 3. The van der Waals surface area contributed by atoms with Crippen molar-refractivity contribution in [1.82, 2.24) is 10.2 Å². The van der Waals surface area contributed by atoms with Crippen molar-refractivity contribution in [2.75, 3.05) is 26.7 Å². The molecule has 1 aliphatic carbocycles. The van der Waals surface area contributed by atoms with Gasteiger partial charge in [-0.15, -0.1) is 0 Å². The third-order valence-corrected chi connectivity index (χ3v) is 3.82. The molecule has 17 heavy (non-hydrogen) atoms. The number of hydrogen-bond donors (Lipinski definition) is 1. The summed E-state index contributed by atoms with van der Waals surface area (Å²) in [5, 5.41) is 3.16. The molecule has 0 atom stereocenters. The van der Waals surface area contributed by atoms with Gasteiger partial charge in [0.1, 0.15) is 6.10 Å². The second-order valence-corrected chi connectivity index (χ2v) is 5.30. The summed E-state index contributed by atoms with van der Waals surface area (Å²) in [4.78, 5) is 13.8. The summed E-state index contributed by atoms with van der Waals surface area (Å²) < 4.78 is 5.52. The van der Waals surface area contributed by atoms with Crippen LogP contribution in [0.3, 0.4) is 0 Å². The van der Waals surface area contributed by atoms with Gasteiger partial charge in [-0.05, 0) is 45.2 Å². The van der Waals surface area contributed by atoms with E-state index in [4.69, 9.17) is 4.74 Å². The van der Waals surface area contributed by atoms with Gasteiger partial charge in [-0.1, -0.05) is 12.8 Å². The molecule has 1 heterocycles. The molecule has 98 valence electrons. The molecule has 1 aliphatic heterocycles. The summed E-state index contributed by atoms with van der Waals surface area (Å²) in [6.07, 6.45) is 6.89. The standard InChI is InChI=1S/C13H24N2O2/c1-14-10-11-8-12(9-11)17-13(16)15-6-4-2-3-5-7-15/h11-12,14H,2-10H2,1H3. The number of nitrogens with zero attached hydrogens (tertiary/aromatic N) is 1. The molecule has 0 radical (unpaired) electrons. The zero-order valence-electron chi connectivity index (χ0n) is 10.8. The fourth-order valence-electron chi connectivity index (χ4n) is 2.70. The summed E-state index contributed by atoms with van der Waals surface area (Å²) in [5.74, 6) is 0.696. The first-order valence-electron chi connectivity index (χ1n) is 6.89. The van der Waals surface area contributed by atoms with Crippen molar-refractivity contribution in [3.63, 3.8) is 0 Å². The van der Waals surface area contributed by atoms with Gasteiger partial charge < -0.3 is 15.0 Å². The predicted molar refractivity (Wildman–Crippen MR) is 67.0 cm³/mol. The molecule has 4 nitrogen and oxygen atoms in total. The topological polar surface area (TPSA) is 41.6 Å². The van der Waals surface area contributed by atoms with E-state index in [1.54, 1.807) is 0 Å². The molecule has 0 bridgehead atoms. The highest BCUT2D eigenvalue weighted by Gasteiger charge is 2.32. The molecular formula is C13H24N2O2. The van der Waals surface area contributed by atoms with Crippen LogP contribution in [0.4, 0.5) is 4.79 Å². The minimum Gasteiger partial charge on any atom is -0.446 e. The number of carbonyl (C=O) groups excluding carboxylic acids is 1. The van der Waals surface area contributed by atoms with Crippen molar-refractivity contribution in [2.45, 2.75) is 44.6 Å². The first-order valence-corrected chi connectivity index (χ1v) is 6.89. The van der Waals surface area contributed by atoms with E-state index in [-0.39, 0.29) is 12.2 Å². The molecular weight excluding hydrogens is 216 g/mol. The van der Waals surface area contributed by atoms with Crippen molar-refractivity contribution < 1.29 is 9.53 Å². The van der Waals surface area contributed by atoms with Crippen LogP contribution in [0, 0.1) is 5.92 Å². The second kappa shape index (κ2) is 6.24. The summed E-state index contributed by atoms with van der Waals surface area (Å²) in [6, 6.07) is 0. The monoisotopic (exact) mass is 240 g/mol. The van der Waals surface area contributed by atoms with Crippen LogP contribution in [0.1, 0.15) is 38.5 Å². The molecule has 0 aromatic carbocycles. The van der Waals surface area contributed by atoms with Crippen LogP contribution in [-0.4, -0.2) is 43.8 Å². The van der Waals surface area contributed by atoms with Gasteiger partial charge in [-0.2, -0.15) is 0 Å². The molecule has 1 N–H and O–H groups in total. The lowest BCUT2D eigenvalue weighted by atomic mass is 9.82. The lowest BCUT2D eigenvalue weighted by molar-refractivity contribution is -0.000351. The largest absolute Gasteiger partial charge is 0.446 e. The van der Waals surface area contributed by atoms with Crippen molar-refractivity contribution in [3.8, 4) is 0 Å². The molecule has 4 heteroatoms. The lowest BCUT2D eigenvalue weighted by Gasteiger charge is -2.35. The highest BCUT2D eigenvalue weighted by molar-refractivity contribution is 5.67. The van der Waals surface area contributed by atoms with Gasteiger partial charge in [0.15, 0.2) is 0 Å². The van der Waals surface area contributed by atoms with Gasteiger partial charge in [0.2, 0.25) is 0 Å². The molecule has 1 saturated carbocycles. The van der Waals surface area contributed by atoms with Gasteiger partial charge in [0.05, 0.1) is 0 Å². The third kappa shape index (κ3) is 3.60. The number of amides is 1. The first-order chi connectivity index (χ1) is 8.29. The van der Waals surface area contributed by atoms with Crippen LogP contribution in [0.25, 0.3) is 0 Å². The van der Waals surface area contributed by atoms with Crippen molar-refractivity contribution in [3.05, 3.63) is 0 Å². The van der Waals surface area contributed by atoms with Gasteiger partial charge in [-0.3, -0.25) is 0 Å². The fraction of sp³-hybridized carbons (Fsp3) is 0.923. The Bertz CT molecular complexity index is 244. The third-order valence-electron chi connectivity index (χ3n) is 3.82. The Morgan fingerprint density at radius 2 is 1.88 bits per heavy atom. The van der Waals surface area contributed by atoms with Crippen molar-refractivity contribution in [1.29, 1.82) is 0 Å². The average Bonchev–Trinajstić information content (AvgIpc) is 2.54. The zero-order chi connectivity index (χ0) is 12.1. The maximum atomic E-state index is 11.9. The summed E-state index contributed by atoms with van der Waals surface area (Å²) >= 11 is 0. The molecule has 1 saturated heterocycles. The summed E-state index contributed by atoms with van der Waals surface area (Å²) in [5.41, 5.74) is 0. The molecule has 1 amide bonds. The first kappa shape index (κ1) is 12.7. The van der Waals surface area contributed by atoms with E-state index in [1.807, 2.05) is 11.9 Å². The van der Waals surface area contributed by atoms with E-state index in [9.17, 15) is 4.79 Å². The number of ether oxygens (including phenoxy) is 1. The van der Waals surface area contributed by atoms with Gasteiger partial charge in [0.25, 0.3) is 0 Å². The average molecular weight is 240 g/mol. The van der Waals surface area contributed by atoms with E-state index in [0.29, 0.717) is 5.92 Å². The normalized spacial score (nSPS) is 29.4. The van der Waals surface area contributed by atoms with E-state index in [1.165, 1.54) is 12.8 Å². The molecule has 0 aromatic rings. The van der Waals surface area contributed by atoms with Crippen LogP contribution in [0.2, 0.25) is 0 Å². The Hall–Kier alpha value is -0.770. The Morgan fingerprint density at radius 1 is 1.24 bits per heavy atom. The smallest absolute Gasteiger partial charge is 0.410 e. The van der Waals surface area contributed by atoms with E-state index in [2.05, 4.69) is 5.32 Å². The highest BCUT2D eigenvalue weighted by atomic mass is 16.6. The lowest BCUT2D eigenvalue weighted by Crippen LogP contribution is -2.42. The summed E-state index contributed by atoms with van der Waals surface area (Å²) in [6.45, 7) is 2.80. The molecule has 0 spiro atoms. The van der Waals surface area contributed by atoms with Crippen LogP contribution < -0.4 is 5.32 Å². The van der Waals surface area contributed by atoms with Crippen LogP contribution in [-0.2, 0) is 4.74 Å². The quantitative estimate of drug-likeness (QED) is 0.820. The molecule has 0 aromatic heterocycles. The minimum absolute atomic E-state index is 0.0835. The number of nitrogens with one attached hydrogen (secondary N) is 1. The maximum Gasteiger partial charge on any atom is 0.410 e. The zero-order valence-corrected chi connectivity index (χ0v) is 10.8. The van der Waals surface area contributed by atoms with Crippen LogP contribution >= 0.6 is 0 Å².